The van der Waals surface area contributed by atoms with Crippen molar-refractivity contribution in [1.29, 1.82) is 0 Å². The van der Waals surface area contributed by atoms with Gasteiger partial charge in [0.2, 0.25) is 0 Å². The Morgan fingerprint density at radius 2 is 1.31 bits per heavy atom. The van der Waals surface area contributed by atoms with Gasteiger partial charge in [-0.1, -0.05) is 0 Å². The first-order chi connectivity index (χ1) is 6.41. The van der Waals surface area contributed by atoms with Crippen LogP contribution in [0, 0.1) is 12.2 Å². The molecule has 0 bridgehead atoms. The molecule has 0 radical (unpaired) electrons. The average molecular weight is 396 g/mol. The maximum atomic E-state index is 4.88. The summed E-state index contributed by atoms with van der Waals surface area (Å²) in [5.74, 6) is 0. The molecule has 2 rings (SSSR count). The Morgan fingerprint density at radius 3 is 1.38 bits per heavy atom. The number of hydrogen-bond donors (Lipinski definition) is 0. The monoisotopic (exact) mass is 395 g/mol. The summed E-state index contributed by atoms with van der Waals surface area (Å²) in [5.41, 5.74) is 0. The van der Waals surface area contributed by atoms with Crippen molar-refractivity contribution in [3.8, 4) is 0 Å². The van der Waals surface area contributed by atoms with Gasteiger partial charge < -0.3 is 0 Å². The Labute approximate surface area is 96.4 Å². The van der Waals surface area contributed by atoms with Crippen LogP contribution in [0.2, 0.25) is 0 Å². The minimum atomic E-state index is -0.472. The van der Waals surface area contributed by atoms with E-state index in [1.54, 1.807) is 0 Å². The van der Waals surface area contributed by atoms with Crippen molar-refractivity contribution < 1.29 is 16.5 Å². The summed E-state index contributed by atoms with van der Waals surface area (Å²) < 4.78 is 0. The molecular formula is C10H10Cl2Pt-2. The first-order valence-corrected chi connectivity index (χ1v) is 9.30. The summed E-state index contributed by atoms with van der Waals surface area (Å²) >= 11 is -0.472. The van der Waals surface area contributed by atoms with Gasteiger partial charge in [-0.2, -0.15) is 12.2 Å². The second-order valence-corrected chi connectivity index (χ2v) is 5.33. The molecule has 2 aliphatic carbocycles. The molecule has 0 spiro atoms. The molecule has 0 aromatic rings. The zero-order chi connectivity index (χ0) is 9.78. The van der Waals surface area contributed by atoms with Crippen LogP contribution < -0.4 is 0 Å². The third-order valence-electron chi connectivity index (χ3n) is 1.17. The van der Waals surface area contributed by atoms with Gasteiger partial charge in [0.15, 0.2) is 0 Å². The van der Waals surface area contributed by atoms with Crippen LogP contribution in [-0.4, -0.2) is 0 Å². The molecule has 0 saturated heterocycles. The van der Waals surface area contributed by atoms with Gasteiger partial charge in [-0.25, -0.2) is 24.3 Å². The van der Waals surface area contributed by atoms with E-state index < -0.39 is 16.5 Å². The zero-order valence-corrected chi connectivity index (χ0v) is 10.7. The predicted molar refractivity (Wildman–Crippen MR) is 54.8 cm³/mol. The van der Waals surface area contributed by atoms with Crippen LogP contribution in [0.5, 0.6) is 0 Å². The van der Waals surface area contributed by atoms with Crippen molar-refractivity contribution in [2.24, 2.45) is 0 Å². The quantitative estimate of drug-likeness (QED) is 0.544. The van der Waals surface area contributed by atoms with Crippen LogP contribution in [-0.2, 0) is 16.5 Å². The van der Waals surface area contributed by atoms with Gasteiger partial charge in [-0.15, -0.1) is 12.8 Å². The molecule has 0 amide bonds. The van der Waals surface area contributed by atoms with Gasteiger partial charge in [0.05, 0.1) is 0 Å². The summed E-state index contributed by atoms with van der Waals surface area (Å²) in [5, 5.41) is 0. The summed E-state index contributed by atoms with van der Waals surface area (Å²) in [4.78, 5) is 0. The van der Waals surface area contributed by atoms with E-state index in [1.165, 1.54) is 0 Å². The second-order valence-electron chi connectivity index (χ2n) is 2.05. The average Bonchev–Trinajstić information content (AvgIpc) is 2.85. The molecule has 0 aromatic carbocycles. The molecule has 0 N–H and O–H groups in total. The zero-order valence-electron chi connectivity index (χ0n) is 6.95. The van der Waals surface area contributed by atoms with E-state index in [9.17, 15) is 0 Å². The number of halogens is 2. The van der Waals surface area contributed by atoms with Gasteiger partial charge in [0, 0.05) is 0 Å². The first kappa shape index (κ1) is 13.2. The molecule has 0 aliphatic heterocycles. The number of allylic oxidation sites excluding steroid dienone is 8. The van der Waals surface area contributed by atoms with Gasteiger partial charge in [0.1, 0.15) is 0 Å². The Kier molecular flexibility index (Phi) is 12.4. The molecular weight excluding hydrogens is 386 g/mol. The maximum absolute atomic E-state index is 4.88. The standard InChI is InChI=1S/2C5H5.2ClH.Pt/c2*1-2-4-5-3-1;;;/h2*1-3H,4H2;2*1H;/q2*-1;;;+2/p-2. The normalized spacial score (nSPS) is 15.2. The van der Waals surface area contributed by atoms with E-state index in [0.717, 1.165) is 12.8 Å². The number of rotatable bonds is 0. The Morgan fingerprint density at radius 1 is 0.923 bits per heavy atom. The molecule has 0 saturated carbocycles. The molecule has 0 nitrogen and oxygen atoms in total. The van der Waals surface area contributed by atoms with Crippen LogP contribution in [0.3, 0.4) is 0 Å². The molecule has 76 valence electrons. The SMILES string of the molecule is [C-]1=CC=CC1.[C-]1=CC=CC1.[Cl][Pt][Cl]. The third-order valence-corrected chi connectivity index (χ3v) is 1.17. The summed E-state index contributed by atoms with van der Waals surface area (Å²) in [7, 11) is 9.75. The van der Waals surface area contributed by atoms with Crippen LogP contribution in [0.15, 0.2) is 36.5 Å². The van der Waals surface area contributed by atoms with Crippen molar-refractivity contribution in [2.75, 3.05) is 0 Å². The van der Waals surface area contributed by atoms with Crippen molar-refractivity contribution >= 4 is 18.8 Å². The summed E-state index contributed by atoms with van der Waals surface area (Å²) in [6.45, 7) is 0. The van der Waals surface area contributed by atoms with E-state index in [-0.39, 0.29) is 0 Å². The van der Waals surface area contributed by atoms with Crippen molar-refractivity contribution in [3.63, 3.8) is 0 Å². The first-order valence-electron chi connectivity index (χ1n) is 3.67. The molecule has 13 heavy (non-hydrogen) atoms. The van der Waals surface area contributed by atoms with Gasteiger partial charge in [-0.05, 0) is 0 Å². The van der Waals surface area contributed by atoms with E-state index in [2.05, 4.69) is 24.3 Å². The fourth-order valence-corrected chi connectivity index (χ4v) is 0.680. The van der Waals surface area contributed by atoms with Crippen LogP contribution in [0.1, 0.15) is 12.8 Å². The van der Waals surface area contributed by atoms with Crippen LogP contribution in [0.4, 0.5) is 0 Å². The van der Waals surface area contributed by atoms with Gasteiger partial charge in [0.25, 0.3) is 0 Å². The summed E-state index contributed by atoms with van der Waals surface area (Å²) in [6.07, 6.45) is 20.0. The molecule has 0 aromatic heterocycles. The minimum absolute atomic E-state index is 0.472. The van der Waals surface area contributed by atoms with E-state index in [4.69, 9.17) is 18.8 Å². The molecule has 0 fully saturated rings. The predicted octanol–water partition coefficient (Wildman–Crippen LogP) is 3.99. The second kappa shape index (κ2) is 12.2. The molecule has 0 atom stereocenters. The van der Waals surface area contributed by atoms with Crippen molar-refractivity contribution in [2.45, 2.75) is 12.8 Å². The topological polar surface area (TPSA) is 0 Å². The van der Waals surface area contributed by atoms with E-state index in [1.807, 2.05) is 24.3 Å². The molecule has 3 heteroatoms. The van der Waals surface area contributed by atoms with Crippen molar-refractivity contribution in [3.05, 3.63) is 48.6 Å². The van der Waals surface area contributed by atoms with Gasteiger partial charge in [-0.3, -0.25) is 12.2 Å². The Hall–Kier alpha value is 0.228. The van der Waals surface area contributed by atoms with Crippen molar-refractivity contribution in [1.82, 2.24) is 0 Å². The molecule has 2 aliphatic rings. The molecule has 0 heterocycles. The fourth-order valence-electron chi connectivity index (χ4n) is 0.680. The molecule has 0 unspecified atom stereocenters. The van der Waals surface area contributed by atoms with Gasteiger partial charge >= 0.3 is 35.3 Å². The number of hydrogen-bond acceptors (Lipinski definition) is 0. The van der Waals surface area contributed by atoms with Crippen LogP contribution >= 0.6 is 18.8 Å². The summed E-state index contributed by atoms with van der Waals surface area (Å²) in [6, 6.07) is 0. The Bertz CT molecular complexity index is 163. The van der Waals surface area contributed by atoms with E-state index in [0.29, 0.717) is 0 Å². The van der Waals surface area contributed by atoms with Crippen LogP contribution in [0.25, 0.3) is 0 Å². The fraction of sp³-hybridized carbons (Fsp3) is 0.200. The van der Waals surface area contributed by atoms with E-state index >= 15 is 0 Å². The Balaban J connectivity index is 0.000000174. The third kappa shape index (κ3) is 12.2.